The van der Waals surface area contributed by atoms with Gasteiger partial charge in [0.05, 0.1) is 12.4 Å². The van der Waals surface area contributed by atoms with Crippen molar-refractivity contribution in [3.63, 3.8) is 0 Å². The molecule has 0 bridgehead atoms. The fraction of sp³-hybridized carbons (Fsp3) is 0.0606. The number of fused-ring (bicyclic) bond motifs is 11. The van der Waals surface area contributed by atoms with Gasteiger partial charge >= 0.3 is 0 Å². The number of imidazole rings is 1. The minimum Gasteiger partial charge on any atom is -0.456 e. The molecule has 36 heavy (non-hydrogen) atoms. The zero-order valence-electron chi connectivity index (χ0n) is 20.1. The van der Waals surface area contributed by atoms with Crippen LogP contribution in [0.25, 0.3) is 71.4 Å². The Balaban J connectivity index is 1.57. The van der Waals surface area contributed by atoms with E-state index in [-0.39, 0.29) is 0 Å². The van der Waals surface area contributed by atoms with Crippen LogP contribution in [0, 0.1) is 6.92 Å². The van der Waals surface area contributed by atoms with Gasteiger partial charge in [-0.2, -0.15) is 4.40 Å². The van der Waals surface area contributed by atoms with Crippen LogP contribution >= 0.6 is 0 Å². The second kappa shape index (κ2) is 6.96. The third-order valence-corrected chi connectivity index (χ3v) is 7.74. The van der Waals surface area contributed by atoms with Crippen LogP contribution in [-0.4, -0.2) is 4.40 Å². The van der Waals surface area contributed by atoms with Crippen LogP contribution in [0.2, 0.25) is 0 Å². The van der Waals surface area contributed by atoms with E-state index in [9.17, 15) is 0 Å². The summed E-state index contributed by atoms with van der Waals surface area (Å²) in [6, 6.07) is 36.9. The fourth-order valence-electron chi connectivity index (χ4n) is 6.05. The Bertz CT molecular complexity index is 2160. The summed E-state index contributed by atoms with van der Waals surface area (Å²) in [4.78, 5) is 0. The summed E-state index contributed by atoms with van der Waals surface area (Å²) in [7, 11) is 2.17. The first-order chi connectivity index (χ1) is 17.7. The number of para-hydroxylation sites is 2. The molecular formula is C33H23N2O+. The summed E-state index contributed by atoms with van der Waals surface area (Å²) in [6.45, 7) is 2.21. The Labute approximate surface area is 207 Å². The monoisotopic (exact) mass is 463 g/mol. The van der Waals surface area contributed by atoms with E-state index in [4.69, 9.17) is 4.42 Å². The molecule has 0 fully saturated rings. The van der Waals surface area contributed by atoms with Gasteiger partial charge in [-0.3, -0.25) is 0 Å². The van der Waals surface area contributed by atoms with E-state index in [1.807, 2.05) is 6.07 Å². The van der Waals surface area contributed by atoms with Crippen molar-refractivity contribution in [2.24, 2.45) is 7.05 Å². The Morgan fingerprint density at radius 2 is 1.42 bits per heavy atom. The average molecular weight is 464 g/mol. The van der Waals surface area contributed by atoms with Crippen molar-refractivity contribution in [1.82, 2.24) is 4.40 Å². The first kappa shape index (κ1) is 19.7. The Morgan fingerprint density at radius 1 is 0.611 bits per heavy atom. The number of furan rings is 1. The van der Waals surface area contributed by atoms with E-state index in [2.05, 4.69) is 120 Å². The van der Waals surface area contributed by atoms with E-state index in [0.717, 1.165) is 21.9 Å². The van der Waals surface area contributed by atoms with Crippen LogP contribution in [0.4, 0.5) is 0 Å². The Morgan fingerprint density at radius 3 is 2.31 bits per heavy atom. The topological polar surface area (TPSA) is 21.4 Å². The predicted octanol–water partition coefficient (Wildman–Crippen LogP) is 8.10. The minimum atomic E-state index is 0.918. The third kappa shape index (κ3) is 2.49. The maximum atomic E-state index is 6.49. The van der Waals surface area contributed by atoms with Crippen molar-refractivity contribution in [3.8, 4) is 11.1 Å². The van der Waals surface area contributed by atoms with Gasteiger partial charge in [0.1, 0.15) is 16.7 Å². The van der Waals surface area contributed by atoms with Crippen LogP contribution < -0.4 is 4.57 Å². The highest BCUT2D eigenvalue weighted by atomic mass is 16.3. The number of hydrogen-bond donors (Lipinski definition) is 0. The zero-order chi connectivity index (χ0) is 24.0. The van der Waals surface area contributed by atoms with Gasteiger partial charge in [0, 0.05) is 21.5 Å². The summed E-state index contributed by atoms with van der Waals surface area (Å²) in [6.07, 6.45) is 0. The van der Waals surface area contributed by atoms with Crippen LogP contribution in [-0.2, 0) is 7.05 Å². The molecule has 0 amide bonds. The van der Waals surface area contributed by atoms with Gasteiger partial charge in [-0.25, -0.2) is 4.57 Å². The minimum absolute atomic E-state index is 0.918. The van der Waals surface area contributed by atoms with Crippen molar-refractivity contribution in [2.45, 2.75) is 6.92 Å². The number of benzene rings is 5. The largest absolute Gasteiger partial charge is 0.456 e. The molecule has 0 saturated carbocycles. The first-order valence-electron chi connectivity index (χ1n) is 12.3. The summed E-state index contributed by atoms with van der Waals surface area (Å²) in [5, 5.41) is 6.03. The van der Waals surface area contributed by atoms with Crippen molar-refractivity contribution >= 4 is 60.3 Å². The molecule has 0 atom stereocenters. The zero-order valence-corrected chi connectivity index (χ0v) is 20.1. The molecule has 5 aromatic carbocycles. The first-order valence-corrected chi connectivity index (χ1v) is 12.3. The lowest BCUT2D eigenvalue weighted by Crippen LogP contribution is -2.27. The van der Waals surface area contributed by atoms with E-state index < -0.39 is 0 Å². The van der Waals surface area contributed by atoms with Gasteiger partial charge in [0.25, 0.3) is 5.65 Å². The lowest BCUT2D eigenvalue weighted by Gasteiger charge is -2.07. The Hall–Kier alpha value is -4.63. The van der Waals surface area contributed by atoms with Crippen molar-refractivity contribution in [2.75, 3.05) is 0 Å². The number of rotatable bonds is 1. The second-order valence-electron chi connectivity index (χ2n) is 9.75. The molecule has 3 heteroatoms. The second-order valence-corrected chi connectivity index (χ2v) is 9.75. The number of aryl methyl sites for hydroxylation is 2. The maximum absolute atomic E-state index is 6.49. The van der Waals surface area contributed by atoms with Crippen molar-refractivity contribution < 1.29 is 8.98 Å². The highest BCUT2D eigenvalue weighted by Crippen LogP contribution is 2.39. The quantitative estimate of drug-likeness (QED) is 0.178. The van der Waals surface area contributed by atoms with Crippen LogP contribution in [0.5, 0.6) is 0 Å². The summed E-state index contributed by atoms with van der Waals surface area (Å²) < 4.78 is 11.2. The van der Waals surface area contributed by atoms with Crippen molar-refractivity contribution in [3.05, 3.63) is 109 Å². The number of pyridine rings is 1. The third-order valence-electron chi connectivity index (χ3n) is 7.74. The maximum Gasteiger partial charge on any atom is 0.295 e. The molecule has 0 saturated heterocycles. The van der Waals surface area contributed by atoms with Gasteiger partial charge in [0.15, 0.2) is 11.0 Å². The molecule has 170 valence electrons. The fourth-order valence-corrected chi connectivity index (χ4v) is 6.05. The average Bonchev–Trinajstić information content (AvgIpc) is 3.42. The molecule has 3 heterocycles. The Kier molecular flexibility index (Phi) is 3.80. The van der Waals surface area contributed by atoms with Gasteiger partial charge in [-0.15, -0.1) is 0 Å². The molecule has 3 aromatic heterocycles. The van der Waals surface area contributed by atoms with Gasteiger partial charge < -0.3 is 4.42 Å². The number of aromatic nitrogens is 2. The number of nitrogens with zero attached hydrogens (tertiary/aromatic N) is 2. The molecular weight excluding hydrogens is 440 g/mol. The SMILES string of the molecule is Cc1cccc2c3cc4oc5cc(-c6ccccc6)ccc5c4cc3n3c4ccccc4[n+](C)c3c12. The summed E-state index contributed by atoms with van der Waals surface area (Å²) >= 11 is 0. The summed E-state index contributed by atoms with van der Waals surface area (Å²) in [5.41, 5.74) is 10.3. The lowest BCUT2D eigenvalue weighted by molar-refractivity contribution is -0.617. The van der Waals surface area contributed by atoms with Crippen LogP contribution in [0.1, 0.15) is 5.56 Å². The highest BCUT2D eigenvalue weighted by molar-refractivity contribution is 6.19. The molecule has 0 aliphatic carbocycles. The smallest absolute Gasteiger partial charge is 0.295 e. The molecule has 0 spiro atoms. The van der Waals surface area contributed by atoms with Crippen LogP contribution in [0.3, 0.4) is 0 Å². The molecule has 8 aromatic rings. The van der Waals surface area contributed by atoms with Gasteiger partial charge in [-0.1, -0.05) is 66.7 Å². The highest BCUT2D eigenvalue weighted by Gasteiger charge is 2.25. The van der Waals surface area contributed by atoms with Crippen molar-refractivity contribution in [1.29, 1.82) is 0 Å². The molecule has 0 aliphatic heterocycles. The van der Waals surface area contributed by atoms with Gasteiger partial charge in [0.2, 0.25) is 0 Å². The molecule has 0 unspecified atom stereocenters. The molecule has 0 radical (unpaired) electrons. The molecule has 0 N–H and O–H groups in total. The molecule has 8 rings (SSSR count). The lowest BCUT2D eigenvalue weighted by atomic mass is 10.00. The molecule has 3 nitrogen and oxygen atoms in total. The van der Waals surface area contributed by atoms with Gasteiger partial charge in [-0.05, 0) is 60.0 Å². The van der Waals surface area contributed by atoms with E-state index >= 15 is 0 Å². The predicted molar refractivity (Wildman–Crippen MR) is 149 cm³/mol. The van der Waals surface area contributed by atoms with E-state index in [1.54, 1.807) is 0 Å². The molecule has 0 aliphatic rings. The number of hydrogen-bond acceptors (Lipinski definition) is 1. The van der Waals surface area contributed by atoms with E-state index in [0.29, 0.717) is 0 Å². The van der Waals surface area contributed by atoms with Crippen LogP contribution in [0.15, 0.2) is 108 Å². The normalized spacial score (nSPS) is 12.2. The summed E-state index contributed by atoms with van der Waals surface area (Å²) in [5.74, 6) is 0. The standard InChI is InChI=1S/C33H23N2O/c1-20-9-8-12-24-25-19-31-26(23-16-15-22(17-30(23)36-31)21-10-4-3-5-11-21)18-29(25)35-28-14-7-6-13-27(28)34(2)33(35)32(20)24/h3-19H,1-2H3/q+1. The van der Waals surface area contributed by atoms with E-state index in [1.165, 1.54) is 55.0 Å².